The molecule has 0 fully saturated rings. The lowest BCUT2D eigenvalue weighted by Gasteiger charge is -2.20. The molecule has 3 nitrogen and oxygen atoms in total. The summed E-state index contributed by atoms with van der Waals surface area (Å²) in [5, 5.41) is 10.2. The smallest absolute Gasteiger partial charge is 0.305 e. The largest absolute Gasteiger partial charge is 0.469 e. The first-order chi connectivity index (χ1) is 7.95. The Labute approximate surface area is 102 Å². The van der Waals surface area contributed by atoms with Crippen LogP contribution in [0.1, 0.15) is 36.1 Å². The molecule has 17 heavy (non-hydrogen) atoms. The quantitative estimate of drug-likeness (QED) is 0.817. The number of rotatable bonds is 4. The molecule has 0 aliphatic heterocycles. The zero-order valence-corrected chi connectivity index (χ0v) is 10.9. The van der Waals surface area contributed by atoms with E-state index in [9.17, 15) is 9.90 Å². The summed E-state index contributed by atoms with van der Waals surface area (Å²) in [6.45, 7) is 5.83. The molecule has 1 aromatic carbocycles. The van der Waals surface area contributed by atoms with Crippen molar-refractivity contribution in [1.29, 1.82) is 0 Å². The average molecular weight is 236 g/mol. The van der Waals surface area contributed by atoms with E-state index in [4.69, 9.17) is 0 Å². The van der Waals surface area contributed by atoms with Crippen LogP contribution in [0.4, 0.5) is 0 Å². The third-order valence-corrected chi connectivity index (χ3v) is 3.00. The molecule has 0 bridgehead atoms. The van der Waals surface area contributed by atoms with Crippen LogP contribution in [0.5, 0.6) is 0 Å². The van der Waals surface area contributed by atoms with Gasteiger partial charge in [0.2, 0.25) is 0 Å². The number of carbonyl (C=O) groups excluding carboxylic acids is 1. The van der Waals surface area contributed by atoms with Crippen molar-refractivity contribution in [2.75, 3.05) is 7.11 Å². The van der Waals surface area contributed by atoms with Gasteiger partial charge >= 0.3 is 5.97 Å². The third-order valence-electron chi connectivity index (χ3n) is 3.00. The van der Waals surface area contributed by atoms with Gasteiger partial charge in [-0.15, -0.1) is 0 Å². The molecule has 3 heteroatoms. The normalized spacial score (nSPS) is 14.2. The lowest BCUT2D eigenvalue weighted by molar-refractivity contribution is -0.142. The third kappa shape index (κ3) is 3.56. The molecule has 0 aliphatic carbocycles. The molecule has 1 rings (SSSR count). The summed E-state index contributed by atoms with van der Waals surface area (Å²) in [7, 11) is 1.36. The summed E-state index contributed by atoms with van der Waals surface area (Å²) >= 11 is 0. The summed E-state index contributed by atoms with van der Waals surface area (Å²) in [4.78, 5) is 11.2. The van der Waals surface area contributed by atoms with Crippen LogP contribution in [-0.2, 0) is 9.53 Å². The van der Waals surface area contributed by atoms with Gasteiger partial charge in [0.15, 0.2) is 0 Å². The number of aliphatic hydroxyl groups is 1. The Kier molecular flexibility index (Phi) is 4.70. The van der Waals surface area contributed by atoms with Crippen molar-refractivity contribution < 1.29 is 14.6 Å². The highest BCUT2D eigenvalue weighted by molar-refractivity contribution is 5.69. The van der Waals surface area contributed by atoms with Gasteiger partial charge < -0.3 is 9.84 Å². The van der Waals surface area contributed by atoms with E-state index in [0.29, 0.717) is 0 Å². The first-order valence-electron chi connectivity index (χ1n) is 5.77. The van der Waals surface area contributed by atoms with Crippen molar-refractivity contribution in [3.05, 3.63) is 34.9 Å². The number of hydrogen-bond donors (Lipinski definition) is 1. The second kappa shape index (κ2) is 5.82. The zero-order chi connectivity index (χ0) is 13.0. The van der Waals surface area contributed by atoms with E-state index in [0.717, 1.165) is 11.1 Å². The maximum atomic E-state index is 11.2. The molecule has 2 atom stereocenters. The Morgan fingerprint density at radius 1 is 1.41 bits per heavy atom. The van der Waals surface area contributed by atoms with E-state index in [-0.39, 0.29) is 18.3 Å². The minimum absolute atomic E-state index is 0.149. The number of aliphatic hydroxyl groups excluding tert-OH is 1. The summed E-state index contributed by atoms with van der Waals surface area (Å²) in [5.41, 5.74) is 3.10. The molecule has 0 spiro atoms. The second-order valence-corrected chi connectivity index (χ2v) is 4.56. The van der Waals surface area contributed by atoms with Crippen LogP contribution in [-0.4, -0.2) is 18.2 Å². The van der Waals surface area contributed by atoms with E-state index < -0.39 is 6.10 Å². The highest BCUT2D eigenvalue weighted by Gasteiger charge is 2.21. The molecule has 1 N–H and O–H groups in total. The van der Waals surface area contributed by atoms with Crippen LogP contribution in [0.15, 0.2) is 18.2 Å². The van der Waals surface area contributed by atoms with E-state index in [1.54, 1.807) is 0 Å². The molecule has 0 heterocycles. The van der Waals surface area contributed by atoms with Gasteiger partial charge in [-0.2, -0.15) is 0 Å². The van der Waals surface area contributed by atoms with Crippen LogP contribution in [0, 0.1) is 19.8 Å². The number of benzene rings is 1. The SMILES string of the molecule is COC(=O)CC(C)C(O)c1ccc(C)cc1C. The molecule has 0 saturated carbocycles. The van der Waals surface area contributed by atoms with Gasteiger partial charge in [-0.1, -0.05) is 30.7 Å². The minimum atomic E-state index is -0.630. The topological polar surface area (TPSA) is 46.5 Å². The lowest BCUT2D eigenvalue weighted by Crippen LogP contribution is -2.15. The van der Waals surface area contributed by atoms with Crippen LogP contribution >= 0.6 is 0 Å². The number of methoxy groups -OCH3 is 1. The van der Waals surface area contributed by atoms with Crippen LogP contribution in [0.3, 0.4) is 0 Å². The Hall–Kier alpha value is -1.35. The van der Waals surface area contributed by atoms with E-state index >= 15 is 0 Å². The Bertz CT molecular complexity index is 398. The standard InChI is InChI=1S/C14H20O3/c1-9-5-6-12(10(2)7-9)14(16)11(3)8-13(15)17-4/h5-7,11,14,16H,8H2,1-4H3. The summed E-state index contributed by atoms with van der Waals surface area (Å²) in [6, 6.07) is 5.92. The van der Waals surface area contributed by atoms with Crippen LogP contribution < -0.4 is 0 Å². The molecule has 0 amide bonds. The minimum Gasteiger partial charge on any atom is -0.469 e. The van der Waals surface area contributed by atoms with Crippen molar-refractivity contribution >= 4 is 5.97 Å². The fraction of sp³-hybridized carbons (Fsp3) is 0.500. The molecular weight excluding hydrogens is 216 g/mol. The van der Waals surface area contributed by atoms with Gasteiger partial charge in [-0.25, -0.2) is 0 Å². The van der Waals surface area contributed by atoms with E-state index in [1.807, 2.05) is 39.0 Å². The molecule has 0 aromatic heterocycles. The number of esters is 1. The van der Waals surface area contributed by atoms with Gasteiger partial charge in [0, 0.05) is 0 Å². The predicted octanol–water partition coefficient (Wildman–Crippen LogP) is 2.54. The van der Waals surface area contributed by atoms with Gasteiger partial charge in [0.1, 0.15) is 0 Å². The molecule has 1 aromatic rings. The lowest BCUT2D eigenvalue weighted by atomic mass is 9.91. The second-order valence-electron chi connectivity index (χ2n) is 4.56. The molecular formula is C14H20O3. The van der Waals surface area contributed by atoms with Crippen LogP contribution in [0.2, 0.25) is 0 Å². The molecule has 0 saturated heterocycles. The first-order valence-corrected chi connectivity index (χ1v) is 5.77. The van der Waals surface area contributed by atoms with E-state index in [1.165, 1.54) is 12.7 Å². The number of aryl methyl sites for hydroxylation is 2. The maximum absolute atomic E-state index is 11.2. The molecule has 94 valence electrons. The zero-order valence-electron chi connectivity index (χ0n) is 10.9. The first kappa shape index (κ1) is 13.7. The predicted molar refractivity (Wildman–Crippen MR) is 66.7 cm³/mol. The Morgan fingerprint density at radius 2 is 2.06 bits per heavy atom. The fourth-order valence-corrected chi connectivity index (χ4v) is 1.92. The highest BCUT2D eigenvalue weighted by atomic mass is 16.5. The highest BCUT2D eigenvalue weighted by Crippen LogP contribution is 2.27. The monoisotopic (exact) mass is 236 g/mol. The van der Waals surface area contributed by atoms with Crippen molar-refractivity contribution in [3.8, 4) is 0 Å². The van der Waals surface area contributed by atoms with Crippen molar-refractivity contribution in [2.45, 2.75) is 33.3 Å². The Balaban J connectivity index is 2.81. The van der Waals surface area contributed by atoms with Crippen molar-refractivity contribution in [2.24, 2.45) is 5.92 Å². The molecule has 2 unspecified atom stereocenters. The number of carbonyl (C=O) groups is 1. The number of hydrogen-bond acceptors (Lipinski definition) is 3. The van der Waals surface area contributed by atoms with Crippen LogP contribution in [0.25, 0.3) is 0 Å². The van der Waals surface area contributed by atoms with E-state index in [2.05, 4.69) is 4.74 Å². The summed E-state index contributed by atoms with van der Waals surface area (Å²) in [5.74, 6) is -0.440. The Morgan fingerprint density at radius 3 is 2.59 bits per heavy atom. The summed E-state index contributed by atoms with van der Waals surface area (Å²) < 4.78 is 4.61. The number of ether oxygens (including phenoxy) is 1. The summed E-state index contributed by atoms with van der Waals surface area (Å²) in [6.07, 6.45) is -0.403. The van der Waals surface area contributed by atoms with Gasteiger partial charge in [-0.05, 0) is 30.9 Å². The van der Waals surface area contributed by atoms with Gasteiger partial charge in [0.25, 0.3) is 0 Å². The van der Waals surface area contributed by atoms with Crippen molar-refractivity contribution in [1.82, 2.24) is 0 Å². The van der Waals surface area contributed by atoms with Gasteiger partial charge in [0.05, 0.1) is 19.6 Å². The molecule has 0 aliphatic rings. The molecule has 0 radical (unpaired) electrons. The fourth-order valence-electron chi connectivity index (χ4n) is 1.92. The van der Waals surface area contributed by atoms with Crippen molar-refractivity contribution in [3.63, 3.8) is 0 Å². The maximum Gasteiger partial charge on any atom is 0.305 e. The van der Waals surface area contributed by atoms with Gasteiger partial charge in [-0.3, -0.25) is 4.79 Å². The average Bonchev–Trinajstić information content (AvgIpc) is 2.28.